The van der Waals surface area contributed by atoms with Gasteiger partial charge >= 0.3 is 0 Å². The van der Waals surface area contributed by atoms with Crippen LogP contribution in [0.15, 0.2) is 46.4 Å². The molecular formula is C10H11N3O2. The summed E-state index contributed by atoms with van der Waals surface area (Å²) in [6.07, 6.45) is 0.971. The predicted molar refractivity (Wildman–Crippen MR) is 53.1 cm³/mol. The Hall–Kier alpha value is -1.88. The van der Waals surface area contributed by atoms with Crippen LogP contribution < -0.4 is 0 Å². The summed E-state index contributed by atoms with van der Waals surface area (Å²) in [7, 11) is 0. The predicted octanol–water partition coefficient (Wildman–Crippen LogP) is 2.41. The Morgan fingerprint density at radius 2 is 1.93 bits per heavy atom. The van der Waals surface area contributed by atoms with Crippen molar-refractivity contribution < 1.29 is 10.3 Å². The van der Waals surface area contributed by atoms with E-state index in [1.165, 1.54) is 6.20 Å². The molecule has 2 N–H and O–H groups in total. The summed E-state index contributed by atoms with van der Waals surface area (Å²) in [5.74, 6) is 0.183. The number of nitrogens with zero attached hydrogens (tertiary/aromatic N) is 3. The number of allylic oxidation sites excluding steroid dienone is 1. The number of aromatic hydroxyl groups is 1. The third-order valence-electron chi connectivity index (χ3n) is 2.09. The topological polar surface area (TPSA) is 68.4 Å². The van der Waals surface area contributed by atoms with E-state index < -0.39 is 6.17 Å². The van der Waals surface area contributed by atoms with Gasteiger partial charge in [0, 0.05) is 5.56 Å². The van der Waals surface area contributed by atoms with E-state index in [1.54, 1.807) is 31.2 Å². The third-order valence-corrected chi connectivity index (χ3v) is 2.09. The Morgan fingerprint density at radius 1 is 1.27 bits per heavy atom. The van der Waals surface area contributed by atoms with Crippen LogP contribution in [-0.4, -0.2) is 15.4 Å². The monoisotopic (exact) mass is 205 g/mol. The molecule has 0 amide bonds. The van der Waals surface area contributed by atoms with E-state index in [0.717, 1.165) is 10.6 Å². The van der Waals surface area contributed by atoms with Crippen LogP contribution >= 0.6 is 0 Å². The van der Waals surface area contributed by atoms with Crippen LogP contribution in [0.3, 0.4) is 0 Å². The van der Waals surface area contributed by atoms with Gasteiger partial charge in [0.1, 0.15) is 5.75 Å². The SMILES string of the molecule is CC1=CN(O)[C@H](c2ccc(O)cc2)N=N1. The van der Waals surface area contributed by atoms with Gasteiger partial charge in [0.15, 0.2) is 6.17 Å². The number of hydrogen-bond acceptors (Lipinski definition) is 5. The van der Waals surface area contributed by atoms with Gasteiger partial charge in [0.05, 0.1) is 11.9 Å². The minimum absolute atomic E-state index is 0.183. The fourth-order valence-electron chi connectivity index (χ4n) is 1.35. The van der Waals surface area contributed by atoms with Gasteiger partial charge in [-0.25, -0.2) is 5.06 Å². The molecule has 0 aliphatic carbocycles. The molecule has 78 valence electrons. The Kier molecular flexibility index (Phi) is 2.39. The first-order valence-corrected chi connectivity index (χ1v) is 4.52. The fraction of sp³-hybridized carbons (Fsp3) is 0.200. The lowest BCUT2D eigenvalue weighted by Gasteiger charge is -2.23. The molecule has 0 aromatic heterocycles. The van der Waals surface area contributed by atoms with Crippen LogP contribution in [0.5, 0.6) is 5.75 Å². The molecule has 5 nitrogen and oxygen atoms in total. The van der Waals surface area contributed by atoms with E-state index in [0.29, 0.717) is 5.70 Å². The first-order chi connectivity index (χ1) is 7.16. The van der Waals surface area contributed by atoms with Crippen LogP contribution in [-0.2, 0) is 0 Å². The number of azo groups is 1. The molecule has 1 atom stereocenters. The van der Waals surface area contributed by atoms with Crippen molar-refractivity contribution in [1.82, 2.24) is 5.06 Å². The lowest BCUT2D eigenvalue weighted by Crippen LogP contribution is -2.20. The Labute approximate surface area is 86.9 Å². The van der Waals surface area contributed by atoms with Crippen LogP contribution in [0.4, 0.5) is 0 Å². The van der Waals surface area contributed by atoms with Crippen molar-refractivity contribution in [2.24, 2.45) is 10.2 Å². The first kappa shape index (κ1) is 9.67. The van der Waals surface area contributed by atoms with Crippen molar-refractivity contribution >= 4 is 0 Å². The minimum Gasteiger partial charge on any atom is -0.508 e. The largest absolute Gasteiger partial charge is 0.508 e. The molecule has 0 spiro atoms. The van der Waals surface area contributed by atoms with Crippen molar-refractivity contribution in [2.75, 3.05) is 0 Å². The van der Waals surface area contributed by atoms with Gasteiger partial charge in [0.2, 0.25) is 0 Å². The molecule has 1 aliphatic heterocycles. The summed E-state index contributed by atoms with van der Waals surface area (Å²) < 4.78 is 0. The van der Waals surface area contributed by atoms with Gasteiger partial charge in [0.25, 0.3) is 0 Å². The molecule has 0 bridgehead atoms. The summed E-state index contributed by atoms with van der Waals surface area (Å²) in [6.45, 7) is 1.75. The van der Waals surface area contributed by atoms with Gasteiger partial charge in [-0.05, 0) is 19.1 Å². The molecular weight excluding hydrogens is 194 g/mol. The average molecular weight is 205 g/mol. The molecule has 0 unspecified atom stereocenters. The van der Waals surface area contributed by atoms with Gasteiger partial charge in [-0.2, -0.15) is 10.2 Å². The molecule has 0 saturated carbocycles. The zero-order valence-corrected chi connectivity index (χ0v) is 8.20. The summed E-state index contributed by atoms with van der Waals surface area (Å²) in [5, 5.41) is 27.5. The van der Waals surface area contributed by atoms with E-state index in [4.69, 9.17) is 5.11 Å². The number of phenols is 1. The highest BCUT2D eigenvalue weighted by molar-refractivity contribution is 5.28. The van der Waals surface area contributed by atoms with Crippen LogP contribution in [0.1, 0.15) is 18.7 Å². The van der Waals surface area contributed by atoms with E-state index in [9.17, 15) is 5.21 Å². The summed E-state index contributed by atoms with van der Waals surface area (Å²) in [4.78, 5) is 0. The summed E-state index contributed by atoms with van der Waals surface area (Å²) >= 11 is 0. The maximum atomic E-state index is 9.60. The second-order valence-corrected chi connectivity index (χ2v) is 3.33. The molecule has 0 saturated heterocycles. The van der Waals surface area contributed by atoms with Gasteiger partial charge in [-0.1, -0.05) is 12.1 Å². The maximum Gasteiger partial charge on any atom is 0.191 e. The highest BCUT2D eigenvalue weighted by atomic mass is 16.5. The summed E-state index contributed by atoms with van der Waals surface area (Å²) in [5.41, 5.74) is 1.41. The summed E-state index contributed by atoms with van der Waals surface area (Å²) in [6, 6.07) is 6.47. The number of hydroxylamine groups is 2. The number of benzene rings is 1. The van der Waals surface area contributed by atoms with Crippen molar-refractivity contribution in [3.8, 4) is 5.75 Å². The molecule has 0 fully saturated rings. The second-order valence-electron chi connectivity index (χ2n) is 3.33. The zero-order chi connectivity index (χ0) is 10.8. The smallest absolute Gasteiger partial charge is 0.191 e. The van der Waals surface area contributed by atoms with Crippen molar-refractivity contribution in [2.45, 2.75) is 13.1 Å². The maximum absolute atomic E-state index is 9.60. The third kappa shape index (κ3) is 1.97. The molecule has 0 radical (unpaired) electrons. The molecule has 15 heavy (non-hydrogen) atoms. The highest BCUT2D eigenvalue weighted by Crippen LogP contribution is 2.27. The van der Waals surface area contributed by atoms with Crippen LogP contribution in [0.25, 0.3) is 0 Å². The van der Waals surface area contributed by atoms with Crippen LogP contribution in [0, 0.1) is 0 Å². The van der Waals surface area contributed by atoms with Crippen LogP contribution in [0.2, 0.25) is 0 Å². The van der Waals surface area contributed by atoms with E-state index >= 15 is 0 Å². The van der Waals surface area contributed by atoms with Gasteiger partial charge in [-0.15, -0.1) is 0 Å². The van der Waals surface area contributed by atoms with Crippen molar-refractivity contribution in [3.05, 3.63) is 41.7 Å². The zero-order valence-electron chi connectivity index (χ0n) is 8.20. The number of hydrogen-bond donors (Lipinski definition) is 2. The average Bonchev–Trinajstić information content (AvgIpc) is 2.20. The Balaban J connectivity index is 2.26. The lowest BCUT2D eigenvalue weighted by molar-refractivity contribution is -0.0845. The highest BCUT2D eigenvalue weighted by Gasteiger charge is 2.18. The molecule has 5 heteroatoms. The van der Waals surface area contributed by atoms with Crippen molar-refractivity contribution in [1.29, 1.82) is 0 Å². The number of phenolic OH excluding ortho intramolecular Hbond substituents is 1. The second kappa shape index (κ2) is 3.70. The fourth-order valence-corrected chi connectivity index (χ4v) is 1.35. The minimum atomic E-state index is -0.533. The van der Waals surface area contributed by atoms with Gasteiger partial charge < -0.3 is 5.11 Å². The standard InChI is InChI=1S/C10H11N3O2/c1-7-6-13(15)10(12-11-7)8-2-4-9(14)5-3-8/h2-6,10,14-15H,1H3/t10-/m1/s1. The number of rotatable bonds is 1. The Bertz CT molecular complexity index is 411. The van der Waals surface area contributed by atoms with E-state index in [-0.39, 0.29) is 5.75 Å². The van der Waals surface area contributed by atoms with E-state index in [1.807, 2.05) is 0 Å². The van der Waals surface area contributed by atoms with E-state index in [2.05, 4.69) is 10.2 Å². The Morgan fingerprint density at radius 3 is 2.53 bits per heavy atom. The molecule has 1 heterocycles. The molecule has 1 aromatic carbocycles. The van der Waals surface area contributed by atoms with Gasteiger partial charge in [-0.3, -0.25) is 5.21 Å². The van der Waals surface area contributed by atoms with Crippen molar-refractivity contribution in [3.63, 3.8) is 0 Å². The first-order valence-electron chi connectivity index (χ1n) is 4.52. The molecule has 1 aromatic rings. The molecule has 1 aliphatic rings. The quantitative estimate of drug-likeness (QED) is 0.739. The normalized spacial score (nSPS) is 20.3. The lowest BCUT2D eigenvalue weighted by atomic mass is 10.1. The molecule has 2 rings (SSSR count).